The van der Waals surface area contributed by atoms with Gasteiger partial charge in [0.25, 0.3) is 17.4 Å². The number of nitro groups is 1. The summed E-state index contributed by atoms with van der Waals surface area (Å²) in [6.07, 6.45) is 0. The van der Waals surface area contributed by atoms with Crippen LogP contribution >= 0.6 is 11.6 Å². The number of hydrogen-bond acceptors (Lipinski definition) is 6. The van der Waals surface area contributed by atoms with E-state index in [-0.39, 0.29) is 30.0 Å². The van der Waals surface area contributed by atoms with E-state index in [0.29, 0.717) is 10.6 Å². The summed E-state index contributed by atoms with van der Waals surface area (Å²) in [5, 5.41) is 22.4. The number of ether oxygens (including phenoxy) is 1. The van der Waals surface area contributed by atoms with Crippen LogP contribution in [0, 0.1) is 10.1 Å². The number of hydrogen-bond donors (Lipinski definition) is 1. The molecule has 1 aliphatic rings. The molecule has 2 aromatic carbocycles. The minimum absolute atomic E-state index is 0.0721. The molecule has 9 heteroatoms. The molecular weight excluding hydrogens is 400 g/mol. The van der Waals surface area contributed by atoms with Gasteiger partial charge in [0.15, 0.2) is 0 Å². The second-order valence-electron chi connectivity index (χ2n) is 6.34. The summed E-state index contributed by atoms with van der Waals surface area (Å²) in [7, 11) is 1.47. The molecule has 3 rings (SSSR count). The third-order valence-electron chi connectivity index (χ3n) is 4.59. The Labute approximate surface area is 171 Å². The highest BCUT2D eigenvalue weighted by molar-refractivity contribution is 6.46. The van der Waals surface area contributed by atoms with Crippen LogP contribution in [0.25, 0.3) is 5.76 Å². The monoisotopic (exact) mass is 416 g/mol. The summed E-state index contributed by atoms with van der Waals surface area (Å²) in [4.78, 5) is 37.1. The normalized spacial score (nSPS) is 18.3. The van der Waals surface area contributed by atoms with E-state index >= 15 is 0 Å². The van der Waals surface area contributed by atoms with Gasteiger partial charge in [-0.15, -0.1) is 0 Å². The van der Waals surface area contributed by atoms with Crippen LogP contribution in [-0.4, -0.2) is 46.9 Å². The molecule has 0 bridgehead atoms. The molecule has 1 atom stereocenters. The van der Waals surface area contributed by atoms with Crippen molar-refractivity contribution in [1.82, 2.24) is 4.90 Å². The fraction of sp³-hybridized carbons (Fsp3) is 0.200. The number of likely N-dealkylation sites (tertiary alicyclic amines) is 1. The van der Waals surface area contributed by atoms with Crippen molar-refractivity contribution < 1.29 is 24.4 Å². The average molecular weight is 417 g/mol. The molecular formula is C20H17ClN2O6. The predicted molar refractivity (Wildman–Crippen MR) is 105 cm³/mol. The largest absolute Gasteiger partial charge is 0.507 e. The number of rotatable bonds is 6. The minimum atomic E-state index is -0.873. The Morgan fingerprint density at radius 1 is 1.24 bits per heavy atom. The molecule has 1 amide bonds. The van der Waals surface area contributed by atoms with Gasteiger partial charge in [-0.25, -0.2) is 0 Å². The van der Waals surface area contributed by atoms with Crippen LogP contribution in [0.4, 0.5) is 5.69 Å². The lowest BCUT2D eigenvalue weighted by Crippen LogP contribution is -2.32. The lowest BCUT2D eigenvalue weighted by atomic mass is 9.95. The van der Waals surface area contributed by atoms with Gasteiger partial charge in [-0.05, 0) is 17.7 Å². The Morgan fingerprint density at radius 2 is 1.93 bits per heavy atom. The SMILES string of the molecule is COCCN1C(=O)C(=O)/C(=C(\O)c2cccc([N+](=O)[O-])c2)C1c1ccc(Cl)cc1. The molecule has 0 saturated carbocycles. The van der Waals surface area contributed by atoms with Gasteiger partial charge in [0.2, 0.25) is 0 Å². The maximum Gasteiger partial charge on any atom is 0.295 e. The van der Waals surface area contributed by atoms with Crippen LogP contribution < -0.4 is 0 Å². The Morgan fingerprint density at radius 3 is 2.55 bits per heavy atom. The van der Waals surface area contributed by atoms with Gasteiger partial charge in [0.05, 0.1) is 23.1 Å². The molecule has 0 aromatic heterocycles. The Balaban J connectivity index is 2.17. The van der Waals surface area contributed by atoms with Crippen molar-refractivity contribution >= 4 is 34.7 Å². The summed E-state index contributed by atoms with van der Waals surface area (Å²) in [5.74, 6) is -2.13. The van der Waals surface area contributed by atoms with Crippen molar-refractivity contribution in [3.63, 3.8) is 0 Å². The number of aliphatic hydroxyl groups excluding tert-OH is 1. The van der Waals surface area contributed by atoms with Gasteiger partial charge in [-0.1, -0.05) is 35.9 Å². The van der Waals surface area contributed by atoms with Crippen molar-refractivity contribution in [3.8, 4) is 0 Å². The smallest absolute Gasteiger partial charge is 0.295 e. The fourth-order valence-electron chi connectivity index (χ4n) is 3.21. The summed E-state index contributed by atoms with van der Waals surface area (Å²) >= 11 is 5.94. The number of Topliss-reactive ketones (excluding diaryl/α,β-unsaturated/α-hetero) is 1. The number of halogens is 1. The van der Waals surface area contributed by atoms with Crippen LogP contribution in [0.3, 0.4) is 0 Å². The van der Waals surface area contributed by atoms with Gasteiger partial charge in [-0.2, -0.15) is 0 Å². The zero-order valence-electron chi connectivity index (χ0n) is 15.4. The summed E-state index contributed by atoms with van der Waals surface area (Å²) in [5.41, 5.74) is 0.249. The molecule has 8 nitrogen and oxygen atoms in total. The first-order chi connectivity index (χ1) is 13.8. The lowest BCUT2D eigenvalue weighted by molar-refractivity contribution is -0.384. The van der Waals surface area contributed by atoms with E-state index in [0.717, 1.165) is 6.07 Å². The Hall–Kier alpha value is -3.23. The highest BCUT2D eigenvalue weighted by atomic mass is 35.5. The number of methoxy groups -OCH3 is 1. The molecule has 0 spiro atoms. The maximum absolute atomic E-state index is 12.8. The Bertz CT molecular complexity index is 1000. The van der Waals surface area contributed by atoms with E-state index < -0.39 is 28.4 Å². The number of ketones is 1. The molecule has 150 valence electrons. The van der Waals surface area contributed by atoms with Crippen molar-refractivity contribution in [2.75, 3.05) is 20.3 Å². The number of carbonyl (C=O) groups is 2. The number of aliphatic hydroxyl groups is 1. The standard InChI is InChI=1S/C20H17ClN2O6/c1-29-10-9-22-17(12-5-7-14(21)8-6-12)16(19(25)20(22)26)18(24)13-3-2-4-15(11-13)23(27)28/h2-8,11,17,24H,9-10H2,1H3/b18-16-. The van der Waals surface area contributed by atoms with Crippen molar-refractivity contribution in [2.45, 2.75) is 6.04 Å². The highest BCUT2D eigenvalue weighted by Crippen LogP contribution is 2.39. The second-order valence-corrected chi connectivity index (χ2v) is 6.78. The number of amides is 1. The maximum atomic E-state index is 12.8. The molecule has 1 N–H and O–H groups in total. The lowest BCUT2D eigenvalue weighted by Gasteiger charge is -2.25. The van der Waals surface area contributed by atoms with E-state index in [2.05, 4.69) is 0 Å². The van der Waals surface area contributed by atoms with Crippen molar-refractivity contribution in [3.05, 3.63) is 80.4 Å². The van der Waals surface area contributed by atoms with Crippen LogP contribution in [0.1, 0.15) is 17.2 Å². The van der Waals surface area contributed by atoms with E-state index in [9.17, 15) is 24.8 Å². The van der Waals surface area contributed by atoms with Crippen LogP contribution in [-0.2, 0) is 14.3 Å². The summed E-state index contributed by atoms with van der Waals surface area (Å²) in [6, 6.07) is 10.9. The third kappa shape index (κ3) is 3.98. The molecule has 0 aliphatic carbocycles. The topological polar surface area (TPSA) is 110 Å². The van der Waals surface area contributed by atoms with E-state index in [1.54, 1.807) is 24.3 Å². The zero-order chi connectivity index (χ0) is 21.1. The van der Waals surface area contributed by atoms with E-state index in [1.807, 2.05) is 0 Å². The van der Waals surface area contributed by atoms with Gasteiger partial charge in [0.1, 0.15) is 5.76 Å². The van der Waals surface area contributed by atoms with Gasteiger partial charge in [-0.3, -0.25) is 19.7 Å². The molecule has 1 heterocycles. The van der Waals surface area contributed by atoms with Gasteiger partial charge in [0, 0.05) is 36.4 Å². The molecule has 0 radical (unpaired) electrons. The molecule has 1 fully saturated rings. The van der Waals surface area contributed by atoms with Crippen LogP contribution in [0.15, 0.2) is 54.1 Å². The number of nitrogens with zero attached hydrogens (tertiary/aromatic N) is 2. The first-order valence-corrected chi connectivity index (χ1v) is 9.00. The average Bonchev–Trinajstić information content (AvgIpc) is 2.97. The third-order valence-corrected chi connectivity index (χ3v) is 4.84. The number of benzene rings is 2. The summed E-state index contributed by atoms with van der Waals surface area (Å²) in [6.45, 7) is 0.314. The van der Waals surface area contributed by atoms with Crippen LogP contribution in [0.5, 0.6) is 0 Å². The Kier molecular flexibility index (Phi) is 5.95. The van der Waals surface area contributed by atoms with Crippen molar-refractivity contribution in [2.24, 2.45) is 0 Å². The number of nitro benzene ring substituents is 1. The van der Waals surface area contributed by atoms with Crippen molar-refractivity contribution in [1.29, 1.82) is 0 Å². The summed E-state index contributed by atoms with van der Waals surface area (Å²) < 4.78 is 5.03. The van der Waals surface area contributed by atoms with Crippen LogP contribution in [0.2, 0.25) is 5.02 Å². The van der Waals surface area contributed by atoms with E-state index in [4.69, 9.17) is 16.3 Å². The van der Waals surface area contributed by atoms with Gasteiger partial charge >= 0.3 is 0 Å². The molecule has 1 unspecified atom stereocenters. The predicted octanol–water partition coefficient (Wildman–Crippen LogP) is 3.32. The second kappa shape index (κ2) is 8.42. The molecule has 1 saturated heterocycles. The van der Waals surface area contributed by atoms with Gasteiger partial charge < -0.3 is 14.7 Å². The number of non-ortho nitro benzene ring substituents is 1. The fourth-order valence-corrected chi connectivity index (χ4v) is 3.34. The quantitative estimate of drug-likeness (QED) is 0.254. The minimum Gasteiger partial charge on any atom is -0.507 e. The number of carbonyl (C=O) groups excluding carboxylic acids is 2. The molecule has 29 heavy (non-hydrogen) atoms. The highest BCUT2D eigenvalue weighted by Gasteiger charge is 2.45. The molecule has 2 aromatic rings. The van der Waals surface area contributed by atoms with E-state index in [1.165, 1.54) is 30.2 Å². The molecule has 1 aliphatic heterocycles. The first-order valence-electron chi connectivity index (χ1n) is 8.62. The zero-order valence-corrected chi connectivity index (χ0v) is 16.1. The first kappa shape index (κ1) is 20.5.